The molecule has 2 fully saturated rings. The molecule has 2 amide bonds. The van der Waals surface area contributed by atoms with Gasteiger partial charge in [0.05, 0.1) is 39.3 Å². The standard InChI is InChI=1S/C20H32N2O8/c1-27-19(25)15-11-17(23)21(13-15)5-3-7-29-9-10-30-8-4-6-22-14-16(12-18(22)24)20(26)28-2/h15-16H,3-14H2,1-2H3. The normalized spacial score (nSPS) is 21.4. The fraction of sp³-hybridized carbons (Fsp3) is 0.800. The van der Waals surface area contributed by atoms with E-state index < -0.39 is 0 Å². The van der Waals surface area contributed by atoms with Gasteiger partial charge in [-0.15, -0.1) is 0 Å². The molecule has 2 aliphatic rings. The maximum atomic E-state index is 11.9. The van der Waals surface area contributed by atoms with Crippen molar-refractivity contribution >= 4 is 23.8 Å². The topological polar surface area (TPSA) is 112 Å². The fourth-order valence-electron chi connectivity index (χ4n) is 3.66. The number of esters is 2. The molecule has 0 bridgehead atoms. The van der Waals surface area contributed by atoms with Crippen molar-refractivity contribution in [3.8, 4) is 0 Å². The lowest BCUT2D eigenvalue weighted by molar-refractivity contribution is -0.145. The summed E-state index contributed by atoms with van der Waals surface area (Å²) in [6, 6.07) is 0. The Hall–Kier alpha value is -2.20. The van der Waals surface area contributed by atoms with Crippen molar-refractivity contribution in [2.24, 2.45) is 11.8 Å². The first-order chi connectivity index (χ1) is 14.5. The molecule has 10 heteroatoms. The zero-order valence-electron chi connectivity index (χ0n) is 17.8. The summed E-state index contributed by atoms with van der Waals surface area (Å²) in [5, 5.41) is 0. The Kier molecular flexibility index (Phi) is 10.0. The van der Waals surface area contributed by atoms with E-state index in [0.717, 1.165) is 0 Å². The van der Waals surface area contributed by atoms with Crippen LogP contribution in [-0.4, -0.2) is 100 Å². The molecule has 30 heavy (non-hydrogen) atoms. The molecule has 0 aromatic carbocycles. The van der Waals surface area contributed by atoms with Crippen LogP contribution in [0, 0.1) is 11.8 Å². The quantitative estimate of drug-likeness (QED) is 0.294. The zero-order chi connectivity index (χ0) is 21.9. The van der Waals surface area contributed by atoms with Crippen molar-refractivity contribution in [3.63, 3.8) is 0 Å². The summed E-state index contributed by atoms with van der Waals surface area (Å²) in [4.78, 5) is 50.1. The Balaban J connectivity index is 1.43. The molecule has 0 saturated carbocycles. The molecular weight excluding hydrogens is 396 g/mol. The first-order valence-corrected chi connectivity index (χ1v) is 10.3. The van der Waals surface area contributed by atoms with Crippen LogP contribution in [0.3, 0.4) is 0 Å². The first-order valence-electron chi connectivity index (χ1n) is 10.3. The minimum atomic E-state index is -0.362. The lowest BCUT2D eigenvalue weighted by atomic mass is 10.1. The lowest BCUT2D eigenvalue weighted by Gasteiger charge is -2.16. The fourth-order valence-corrected chi connectivity index (χ4v) is 3.66. The summed E-state index contributed by atoms with van der Waals surface area (Å²) in [5.41, 5.74) is 0. The van der Waals surface area contributed by atoms with Crippen molar-refractivity contribution in [2.45, 2.75) is 25.7 Å². The number of rotatable bonds is 13. The molecule has 2 heterocycles. The second-order valence-corrected chi connectivity index (χ2v) is 7.46. The van der Waals surface area contributed by atoms with Gasteiger partial charge in [0.25, 0.3) is 0 Å². The van der Waals surface area contributed by atoms with Crippen LogP contribution >= 0.6 is 0 Å². The molecule has 2 rings (SSSR count). The molecule has 0 aromatic rings. The average Bonchev–Trinajstić information content (AvgIpc) is 3.30. The summed E-state index contributed by atoms with van der Waals surface area (Å²) in [6.07, 6.45) is 1.82. The van der Waals surface area contributed by atoms with Crippen molar-refractivity contribution < 1.29 is 38.1 Å². The van der Waals surface area contributed by atoms with E-state index in [2.05, 4.69) is 9.47 Å². The highest BCUT2D eigenvalue weighted by atomic mass is 16.5. The highest BCUT2D eigenvalue weighted by molar-refractivity contribution is 5.87. The molecule has 0 aromatic heterocycles. The van der Waals surface area contributed by atoms with Gasteiger partial charge in [-0.1, -0.05) is 0 Å². The molecular formula is C20H32N2O8. The number of hydrogen-bond acceptors (Lipinski definition) is 8. The van der Waals surface area contributed by atoms with Gasteiger partial charge in [0.15, 0.2) is 0 Å². The van der Waals surface area contributed by atoms with Crippen LogP contribution in [0.5, 0.6) is 0 Å². The summed E-state index contributed by atoms with van der Waals surface area (Å²) < 4.78 is 20.4. The molecule has 170 valence electrons. The van der Waals surface area contributed by atoms with E-state index in [1.165, 1.54) is 14.2 Å². The van der Waals surface area contributed by atoms with E-state index in [1.807, 2.05) is 0 Å². The number of carbonyl (C=O) groups excluding carboxylic acids is 4. The van der Waals surface area contributed by atoms with Crippen LogP contribution in [0.25, 0.3) is 0 Å². The van der Waals surface area contributed by atoms with Gasteiger partial charge in [-0.2, -0.15) is 0 Å². The van der Waals surface area contributed by atoms with Gasteiger partial charge >= 0.3 is 11.9 Å². The largest absolute Gasteiger partial charge is 0.469 e. The number of nitrogens with zero attached hydrogens (tertiary/aromatic N) is 2. The van der Waals surface area contributed by atoms with Crippen molar-refractivity contribution in [1.82, 2.24) is 9.80 Å². The first kappa shape index (κ1) is 24.1. The van der Waals surface area contributed by atoms with Crippen molar-refractivity contribution in [2.75, 3.05) is 66.8 Å². The molecule has 10 nitrogen and oxygen atoms in total. The third-order valence-corrected chi connectivity index (χ3v) is 5.30. The Morgan fingerprint density at radius 3 is 1.53 bits per heavy atom. The van der Waals surface area contributed by atoms with Crippen LogP contribution in [0.4, 0.5) is 0 Å². The Morgan fingerprint density at radius 2 is 1.17 bits per heavy atom. The van der Waals surface area contributed by atoms with E-state index in [-0.39, 0.29) is 48.4 Å². The molecule has 0 spiro atoms. The lowest BCUT2D eigenvalue weighted by Crippen LogP contribution is -2.28. The van der Waals surface area contributed by atoms with Crippen LogP contribution < -0.4 is 0 Å². The van der Waals surface area contributed by atoms with Crippen LogP contribution in [-0.2, 0) is 38.1 Å². The summed E-state index contributed by atoms with van der Waals surface area (Å²) in [6.45, 7) is 3.86. The smallest absolute Gasteiger partial charge is 0.310 e. The summed E-state index contributed by atoms with van der Waals surface area (Å²) in [5.74, 6) is -1.45. The van der Waals surface area contributed by atoms with E-state index in [0.29, 0.717) is 65.4 Å². The van der Waals surface area contributed by atoms with E-state index in [9.17, 15) is 19.2 Å². The molecule has 0 aliphatic carbocycles. The number of methoxy groups -OCH3 is 2. The molecule has 2 unspecified atom stereocenters. The second kappa shape index (κ2) is 12.5. The minimum absolute atomic E-state index is 0.0249. The molecule has 2 atom stereocenters. The maximum Gasteiger partial charge on any atom is 0.310 e. The SMILES string of the molecule is COC(=O)C1CC(=O)N(CCCOCCOCCCN2CC(C(=O)OC)CC2=O)C1. The van der Waals surface area contributed by atoms with Crippen LogP contribution in [0.1, 0.15) is 25.7 Å². The zero-order valence-corrected chi connectivity index (χ0v) is 17.8. The number of hydrogen-bond donors (Lipinski definition) is 0. The van der Waals surface area contributed by atoms with Crippen molar-refractivity contribution in [1.29, 1.82) is 0 Å². The van der Waals surface area contributed by atoms with Gasteiger partial charge in [-0.05, 0) is 12.8 Å². The average molecular weight is 428 g/mol. The van der Waals surface area contributed by atoms with Crippen LogP contribution in [0.2, 0.25) is 0 Å². The van der Waals surface area contributed by atoms with Crippen molar-refractivity contribution in [3.05, 3.63) is 0 Å². The minimum Gasteiger partial charge on any atom is -0.469 e. The summed E-state index contributed by atoms with van der Waals surface area (Å²) >= 11 is 0. The number of ether oxygens (including phenoxy) is 4. The van der Waals surface area contributed by atoms with Crippen LogP contribution in [0.15, 0.2) is 0 Å². The third kappa shape index (κ3) is 7.24. The Labute approximate surface area is 176 Å². The Morgan fingerprint density at radius 1 is 0.767 bits per heavy atom. The molecule has 2 aliphatic heterocycles. The van der Waals surface area contributed by atoms with Gasteiger partial charge in [0, 0.05) is 52.2 Å². The highest BCUT2D eigenvalue weighted by Crippen LogP contribution is 2.20. The Bertz CT molecular complexity index is 560. The molecule has 2 saturated heterocycles. The third-order valence-electron chi connectivity index (χ3n) is 5.30. The summed E-state index contributed by atoms with van der Waals surface area (Å²) in [7, 11) is 2.66. The van der Waals surface area contributed by atoms with Gasteiger partial charge in [0.2, 0.25) is 11.8 Å². The van der Waals surface area contributed by atoms with Gasteiger partial charge in [0.1, 0.15) is 0 Å². The van der Waals surface area contributed by atoms with E-state index in [4.69, 9.17) is 9.47 Å². The monoisotopic (exact) mass is 428 g/mol. The number of amides is 2. The van der Waals surface area contributed by atoms with Gasteiger partial charge in [-0.25, -0.2) is 0 Å². The molecule has 0 radical (unpaired) electrons. The second-order valence-electron chi connectivity index (χ2n) is 7.46. The predicted octanol–water partition coefficient (Wildman–Crippen LogP) is -0.157. The number of likely N-dealkylation sites (tertiary alicyclic amines) is 2. The predicted molar refractivity (Wildman–Crippen MR) is 104 cm³/mol. The number of carbonyl (C=O) groups is 4. The van der Waals surface area contributed by atoms with E-state index in [1.54, 1.807) is 9.80 Å². The maximum absolute atomic E-state index is 11.9. The highest BCUT2D eigenvalue weighted by Gasteiger charge is 2.35. The van der Waals surface area contributed by atoms with Gasteiger partial charge in [-0.3, -0.25) is 19.2 Å². The molecule has 0 N–H and O–H groups in total. The van der Waals surface area contributed by atoms with Gasteiger partial charge < -0.3 is 28.7 Å². The van der Waals surface area contributed by atoms with E-state index >= 15 is 0 Å².